The summed E-state index contributed by atoms with van der Waals surface area (Å²) in [6, 6.07) is 3.45. The number of aryl methyl sites for hydroxylation is 1. The zero-order chi connectivity index (χ0) is 11.3. The van der Waals surface area contributed by atoms with E-state index in [4.69, 9.17) is 0 Å². The predicted molar refractivity (Wildman–Crippen MR) is 64.3 cm³/mol. The Morgan fingerprint density at radius 3 is 2.73 bits per heavy atom. The van der Waals surface area contributed by atoms with Crippen molar-refractivity contribution in [1.82, 2.24) is 4.57 Å². The van der Waals surface area contributed by atoms with Gasteiger partial charge >= 0.3 is 0 Å². The SMILES string of the molecule is CCn1cc(NCCC(C)C)ccc1=O. The highest BCUT2D eigenvalue weighted by atomic mass is 16.1. The molecule has 3 nitrogen and oxygen atoms in total. The van der Waals surface area contributed by atoms with Crippen molar-refractivity contribution in [2.45, 2.75) is 33.7 Å². The minimum absolute atomic E-state index is 0.0620. The molecule has 0 saturated heterocycles. The Kier molecular flexibility index (Phi) is 4.40. The van der Waals surface area contributed by atoms with Crippen molar-refractivity contribution in [3.8, 4) is 0 Å². The molecule has 0 saturated carbocycles. The fourth-order valence-electron chi connectivity index (χ4n) is 1.39. The molecule has 3 heteroatoms. The van der Waals surface area contributed by atoms with Crippen molar-refractivity contribution >= 4 is 5.69 Å². The third kappa shape index (κ3) is 3.78. The second-order valence-corrected chi connectivity index (χ2v) is 4.15. The van der Waals surface area contributed by atoms with E-state index in [1.807, 2.05) is 19.2 Å². The Morgan fingerprint density at radius 2 is 2.13 bits per heavy atom. The molecule has 1 rings (SSSR count). The highest BCUT2D eigenvalue weighted by Gasteiger charge is 1.97. The number of aromatic nitrogens is 1. The number of anilines is 1. The van der Waals surface area contributed by atoms with Crippen molar-refractivity contribution < 1.29 is 0 Å². The van der Waals surface area contributed by atoms with Crippen LogP contribution in [0.3, 0.4) is 0 Å². The Hall–Kier alpha value is -1.25. The number of hydrogen-bond acceptors (Lipinski definition) is 2. The standard InChI is InChI=1S/C12H20N2O/c1-4-14-9-11(5-6-12(14)15)13-8-7-10(2)3/h5-6,9-10,13H,4,7-8H2,1-3H3. The number of pyridine rings is 1. The lowest BCUT2D eigenvalue weighted by atomic mass is 10.1. The van der Waals surface area contributed by atoms with Gasteiger partial charge in [0, 0.05) is 25.4 Å². The third-order valence-electron chi connectivity index (χ3n) is 2.37. The molecule has 0 bridgehead atoms. The van der Waals surface area contributed by atoms with Crippen LogP contribution in [0, 0.1) is 5.92 Å². The van der Waals surface area contributed by atoms with Gasteiger partial charge in [-0.15, -0.1) is 0 Å². The third-order valence-corrected chi connectivity index (χ3v) is 2.37. The first kappa shape index (κ1) is 11.8. The largest absolute Gasteiger partial charge is 0.384 e. The summed E-state index contributed by atoms with van der Waals surface area (Å²) in [5, 5.41) is 3.32. The zero-order valence-corrected chi connectivity index (χ0v) is 9.79. The van der Waals surface area contributed by atoms with Gasteiger partial charge in [0.1, 0.15) is 0 Å². The van der Waals surface area contributed by atoms with E-state index in [2.05, 4.69) is 19.2 Å². The molecule has 1 heterocycles. The van der Waals surface area contributed by atoms with Gasteiger partial charge in [0.05, 0.1) is 5.69 Å². The summed E-state index contributed by atoms with van der Waals surface area (Å²) in [6.07, 6.45) is 3.02. The zero-order valence-electron chi connectivity index (χ0n) is 9.79. The highest BCUT2D eigenvalue weighted by Crippen LogP contribution is 2.05. The van der Waals surface area contributed by atoms with Crippen molar-refractivity contribution in [3.63, 3.8) is 0 Å². The van der Waals surface area contributed by atoms with E-state index in [9.17, 15) is 4.79 Å². The maximum Gasteiger partial charge on any atom is 0.250 e. The molecule has 0 unspecified atom stereocenters. The van der Waals surface area contributed by atoms with Gasteiger partial charge in [0.15, 0.2) is 0 Å². The Labute approximate surface area is 91.1 Å². The maximum atomic E-state index is 11.3. The quantitative estimate of drug-likeness (QED) is 0.805. The van der Waals surface area contributed by atoms with Gasteiger partial charge in [-0.2, -0.15) is 0 Å². The lowest BCUT2D eigenvalue weighted by Gasteiger charge is -2.09. The van der Waals surface area contributed by atoms with Crippen LogP contribution in [0.5, 0.6) is 0 Å². The van der Waals surface area contributed by atoms with Crippen LogP contribution in [-0.2, 0) is 6.54 Å². The molecule has 1 aromatic rings. The molecular weight excluding hydrogens is 188 g/mol. The first-order valence-electron chi connectivity index (χ1n) is 5.58. The van der Waals surface area contributed by atoms with Gasteiger partial charge in [0.2, 0.25) is 0 Å². The van der Waals surface area contributed by atoms with Crippen LogP contribution in [0.25, 0.3) is 0 Å². The minimum atomic E-state index is 0.0620. The van der Waals surface area contributed by atoms with Crippen molar-refractivity contribution in [2.75, 3.05) is 11.9 Å². The van der Waals surface area contributed by atoms with E-state index in [0.717, 1.165) is 25.2 Å². The van der Waals surface area contributed by atoms with Crippen LogP contribution in [0.2, 0.25) is 0 Å². The van der Waals surface area contributed by atoms with Gasteiger partial charge in [-0.25, -0.2) is 0 Å². The smallest absolute Gasteiger partial charge is 0.250 e. The fourth-order valence-corrected chi connectivity index (χ4v) is 1.39. The minimum Gasteiger partial charge on any atom is -0.384 e. The predicted octanol–water partition coefficient (Wildman–Crippen LogP) is 2.33. The number of nitrogens with one attached hydrogen (secondary N) is 1. The van der Waals surface area contributed by atoms with Crippen LogP contribution >= 0.6 is 0 Å². The van der Waals surface area contributed by atoms with E-state index in [0.29, 0.717) is 5.92 Å². The molecule has 0 radical (unpaired) electrons. The normalized spacial score (nSPS) is 10.7. The van der Waals surface area contributed by atoms with Crippen molar-refractivity contribution in [2.24, 2.45) is 5.92 Å². The summed E-state index contributed by atoms with van der Waals surface area (Å²) < 4.78 is 1.71. The summed E-state index contributed by atoms with van der Waals surface area (Å²) in [7, 11) is 0. The van der Waals surface area contributed by atoms with E-state index in [1.165, 1.54) is 0 Å². The summed E-state index contributed by atoms with van der Waals surface area (Å²) >= 11 is 0. The first-order valence-corrected chi connectivity index (χ1v) is 5.58. The summed E-state index contributed by atoms with van der Waals surface area (Å²) in [5.41, 5.74) is 1.09. The monoisotopic (exact) mass is 208 g/mol. The molecule has 84 valence electrons. The number of nitrogens with zero attached hydrogens (tertiary/aromatic N) is 1. The Morgan fingerprint density at radius 1 is 1.40 bits per heavy atom. The van der Waals surface area contributed by atoms with E-state index >= 15 is 0 Å². The second kappa shape index (κ2) is 5.59. The van der Waals surface area contributed by atoms with Gasteiger partial charge < -0.3 is 9.88 Å². The molecule has 0 fully saturated rings. The summed E-state index contributed by atoms with van der Waals surface area (Å²) in [6.45, 7) is 8.06. The van der Waals surface area contributed by atoms with Crippen LogP contribution < -0.4 is 10.9 Å². The van der Waals surface area contributed by atoms with Crippen LogP contribution in [0.1, 0.15) is 27.2 Å². The Bertz CT molecular complexity index is 355. The molecule has 0 spiro atoms. The molecule has 15 heavy (non-hydrogen) atoms. The van der Waals surface area contributed by atoms with E-state index in [1.54, 1.807) is 10.6 Å². The molecule has 0 atom stereocenters. The molecule has 0 aliphatic heterocycles. The van der Waals surface area contributed by atoms with E-state index < -0.39 is 0 Å². The Balaban J connectivity index is 2.58. The fraction of sp³-hybridized carbons (Fsp3) is 0.583. The topological polar surface area (TPSA) is 34.0 Å². The molecular formula is C12H20N2O. The van der Waals surface area contributed by atoms with E-state index in [-0.39, 0.29) is 5.56 Å². The molecule has 1 N–H and O–H groups in total. The molecule has 0 aromatic carbocycles. The van der Waals surface area contributed by atoms with Gasteiger partial charge in [-0.3, -0.25) is 4.79 Å². The molecule has 0 aliphatic carbocycles. The van der Waals surface area contributed by atoms with Crippen molar-refractivity contribution in [3.05, 3.63) is 28.7 Å². The van der Waals surface area contributed by atoms with Gasteiger partial charge in [-0.05, 0) is 25.3 Å². The molecule has 0 aliphatic rings. The van der Waals surface area contributed by atoms with Crippen LogP contribution in [0.15, 0.2) is 23.1 Å². The molecule has 1 aromatic heterocycles. The summed E-state index contributed by atoms with van der Waals surface area (Å²) in [4.78, 5) is 11.3. The summed E-state index contributed by atoms with van der Waals surface area (Å²) in [5.74, 6) is 0.703. The van der Waals surface area contributed by atoms with Crippen LogP contribution in [0.4, 0.5) is 5.69 Å². The highest BCUT2D eigenvalue weighted by molar-refractivity contribution is 5.40. The molecule has 0 amide bonds. The second-order valence-electron chi connectivity index (χ2n) is 4.15. The van der Waals surface area contributed by atoms with Gasteiger partial charge in [-0.1, -0.05) is 13.8 Å². The lowest BCUT2D eigenvalue weighted by molar-refractivity contribution is 0.606. The van der Waals surface area contributed by atoms with Crippen molar-refractivity contribution in [1.29, 1.82) is 0 Å². The average molecular weight is 208 g/mol. The first-order chi connectivity index (χ1) is 7.13. The number of rotatable bonds is 5. The van der Waals surface area contributed by atoms with Crippen LogP contribution in [-0.4, -0.2) is 11.1 Å². The lowest BCUT2D eigenvalue weighted by Crippen LogP contribution is -2.18. The van der Waals surface area contributed by atoms with Gasteiger partial charge in [0.25, 0.3) is 5.56 Å². The average Bonchev–Trinajstić information content (AvgIpc) is 2.20. The maximum absolute atomic E-state index is 11.3. The number of hydrogen-bond donors (Lipinski definition) is 1.